The van der Waals surface area contributed by atoms with Crippen molar-refractivity contribution < 1.29 is 19.1 Å². The largest absolute Gasteiger partial charge is 0.462 e. The molecule has 0 spiro atoms. The van der Waals surface area contributed by atoms with Gasteiger partial charge in [-0.3, -0.25) is 4.48 Å². The molecule has 0 radical (unpaired) electrons. The Bertz CT molecular complexity index is 526. The average Bonchev–Trinajstić information content (AvgIpc) is 2.40. The third-order valence-electron chi connectivity index (χ3n) is 3.11. The highest BCUT2D eigenvalue weighted by Crippen LogP contribution is 2.27. The van der Waals surface area contributed by atoms with Crippen molar-refractivity contribution in [3.8, 4) is 5.75 Å². The number of likely N-dealkylation sites (N-methyl/N-ethyl adjacent to an activating group) is 1. The highest BCUT2D eigenvalue weighted by molar-refractivity contribution is 5.75. The van der Waals surface area contributed by atoms with Gasteiger partial charge in [0.25, 0.3) is 0 Å². The number of rotatable bonds is 5. The van der Waals surface area contributed by atoms with E-state index in [9.17, 15) is 9.59 Å². The Hall–Kier alpha value is -2.08. The summed E-state index contributed by atoms with van der Waals surface area (Å²) in [6, 6.07) is 5.54. The summed E-state index contributed by atoms with van der Waals surface area (Å²) in [7, 11) is 5.29. The van der Waals surface area contributed by atoms with Crippen molar-refractivity contribution in [1.82, 2.24) is 9.80 Å². The fourth-order valence-electron chi connectivity index (χ4n) is 1.85. The number of aryl methyl sites for hydroxylation is 1. The smallest absolute Gasteiger partial charge is 0.412 e. The van der Waals surface area contributed by atoms with Gasteiger partial charge in [-0.05, 0) is 31.5 Å². The molecule has 0 bridgehead atoms. The van der Waals surface area contributed by atoms with Gasteiger partial charge in [-0.15, -0.1) is 0 Å². The van der Waals surface area contributed by atoms with Crippen LogP contribution in [-0.4, -0.2) is 46.4 Å². The minimum Gasteiger partial charge on any atom is -0.462 e. The molecule has 0 heterocycles. The SMILES string of the molecule is CCOC(=O)C[N+](C)(C)c1ccc(C)c(OC(=O)NC)c1. The third-order valence-corrected chi connectivity index (χ3v) is 3.11. The van der Waals surface area contributed by atoms with E-state index in [1.807, 2.05) is 33.2 Å². The second-order valence-electron chi connectivity index (χ2n) is 5.24. The molecule has 1 rings (SSSR count). The third kappa shape index (κ3) is 4.75. The second-order valence-corrected chi connectivity index (χ2v) is 5.24. The monoisotopic (exact) mass is 295 g/mol. The number of carbonyl (C=O) groups excluding carboxylic acids is 2. The zero-order valence-electron chi connectivity index (χ0n) is 13.2. The number of amides is 1. The molecule has 0 atom stereocenters. The first kappa shape index (κ1) is 17.0. The molecule has 0 fully saturated rings. The van der Waals surface area contributed by atoms with E-state index in [0.29, 0.717) is 16.8 Å². The van der Waals surface area contributed by atoms with Crippen molar-refractivity contribution in [2.75, 3.05) is 34.3 Å². The number of nitrogens with zero attached hydrogens (tertiary/aromatic N) is 1. The number of carbonyl (C=O) groups is 2. The molecule has 1 amide bonds. The maximum absolute atomic E-state index is 11.7. The normalized spacial score (nSPS) is 10.9. The quantitative estimate of drug-likeness (QED) is 0.665. The lowest BCUT2D eigenvalue weighted by molar-refractivity contribution is -0.143. The molecule has 6 heteroatoms. The van der Waals surface area contributed by atoms with E-state index in [1.165, 1.54) is 7.05 Å². The Morgan fingerprint density at radius 3 is 2.52 bits per heavy atom. The first-order valence-electron chi connectivity index (χ1n) is 6.79. The van der Waals surface area contributed by atoms with Gasteiger partial charge < -0.3 is 14.8 Å². The molecule has 1 N–H and O–H groups in total. The van der Waals surface area contributed by atoms with Crippen molar-refractivity contribution in [3.63, 3.8) is 0 Å². The van der Waals surface area contributed by atoms with Gasteiger partial charge in [-0.2, -0.15) is 0 Å². The molecule has 0 unspecified atom stereocenters. The summed E-state index contributed by atoms with van der Waals surface area (Å²) < 4.78 is 10.5. The summed E-state index contributed by atoms with van der Waals surface area (Å²) in [5.74, 6) is 0.207. The lowest BCUT2D eigenvalue weighted by Gasteiger charge is -2.28. The molecule has 6 nitrogen and oxygen atoms in total. The molecular weight excluding hydrogens is 272 g/mol. The number of hydrogen-bond donors (Lipinski definition) is 1. The fraction of sp³-hybridized carbons (Fsp3) is 0.467. The van der Waals surface area contributed by atoms with Crippen LogP contribution in [0.5, 0.6) is 5.75 Å². The molecular formula is C15H23N2O4+. The van der Waals surface area contributed by atoms with E-state index >= 15 is 0 Å². The molecule has 0 aromatic heterocycles. The molecule has 21 heavy (non-hydrogen) atoms. The molecule has 1 aromatic carbocycles. The van der Waals surface area contributed by atoms with Crippen molar-refractivity contribution in [2.24, 2.45) is 0 Å². The van der Waals surface area contributed by atoms with Gasteiger partial charge in [0.15, 0.2) is 6.54 Å². The topological polar surface area (TPSA) is 64.6 Å². The van der Waals surface area contributed by atoms with Crippen LogP contribution in [0.2, 0.25) is 0 Å². The summed E-state index contributed by atoms with van der Waals surface area (Å²) in [5, 5.41) is 2.41. The van der Waals surface area contributed by atoms with E-state index in [0.717, 1.165) is 11.3 Å². The van der Waals surface area contributed by atoms with Crippen LogP contribution < -0.4 is 14.5 Å². The Morgan fingerprint density at radius 2 is 1.95 bits per heavy atom. The van der Waals surface area contributed by atoms with Crippen LogP contribution in [0.1, 0.15) is 12.5 Å². The maximum atomic E-state index is 11.7. The van der Waals surface area contributed by atoms with Crippen molar-refractivity contribution >= 4 is 17.7 Å². The van der Waals surface area contributed by atoms with Crippen molar-refractivity contribution in [1.29, 1.82) is 0 Å². The van der Waals surface area contributed by atoms with E-state index < -0.39 is 6.09 Å². The zero-order valence-corrected chi connectivity index (χ0v) is 13.2. The van der Waals surface area contributed by atoms with Gasteiger partial charge in [-0.25, -0.2) is 9.59 Å². The van der Waals surface area contributed by atoms with Gasteiger partial charge in [0.05, 0.1) is 20.7 Å². The summed E-state index contributed by atoms with van der Waals surface area (Å²) in [6.45, 7) is 4.20. The average molecular weight is 295 g/mol. The Morgan fingerprint density at radius 1 is 1.29 bits per heavy atom. The van der Waals surface area contributed by atoms with Gasteiger partial charge in [-0.1, -0.05) is 0 Å². The Labute approximate surface area is 125 Å². The molecule has 0 saturated heterocycles. The lowest BCUT2D eigenvalue weighted by Crippen LogP contribution is -2.45. The van der Waals surface area contributed by atoms with Crippen LogP contribution in [0.4, 0.5) is 10.5 Å². The van der Waals surface area contributed by atoms with E-state index in [-0.39, 0.29) is 12.5 Å². The van der Waals surface area contributed by atoms with Gasteiger partial charge >= 0.3 is 12.1 Å². The molecule has 116 valence electrons. The number of benzene rings is 1. The molecule has 0 aliphatic rings. The zero-order chi connectivity index (χ0) is 16.0. The standard InChI is InChI=1S/C15H22N2O4/c1-6-20-14(18)10-17(4,5)12-8-7-11(2)13(9-12)21-15(19)16-3/h7-9H,6,10H2,1-5H3/p+1. The summed E-state index contributed by atoms with van der Waals surface area (Å²) >= 11 is 0. The highest BCUT2D eigenvalue weighted by atomic mass is 16.6. The first-order valence-corrected chi connectivity index (χ1v) is 6.79. The first-order chi connectivity index (χ1) is 9.80. The van der Waals surface area contributed by atoms with Gasteiger partial charge in [0.2, 0.25) is 0 Å². The highest BCUT2D eigenvalue weighted by Gasteiger charge is 2.25. The van der Waals surface area contributed by atoms with E-state index in [4.69, 9.17) is 9.47 Å². The van der Waals surface area contributed by atoms with Gasteiger partial charge in [0.1, 0.15) is 11.4 Å². The summed E-state index contributed by atoms with van der Waals surface area (Å²) in [5.41, 5.74) is 1.70. The number of nitrogens with one attached hydrogen (secondary N) is 1. The number of hydrogen-bond acceptors (Lipinski definition) is 4. The van der Waals surface area contributed by atoms with Gasteiger partial charge in [0, 0.05) is 13.1 Å². The minimum absolute atomic E-state index is 0.205. The Kier molecular flexibility index (Phi) is 5.72. The lowest BCUT2D eigenvalue weighted by atomic mass is 10.1. The number of ether oxygens (including phenoxy) is 2. The van der Waals surface area contributed by atoms with E-state index in [2.05, 4.69) is 5.32 Å². The number of quaternary nitrogens is 1. The van der Waals surface area contributed by atoms with Crippen LogP contribution in [-0.2, 0) is 9.53 Å². The van der Waals surface area contributed by atoms with Crippen LogP contribution in [0, 0.1) is 6.92 Å². The fourth-order valence-corrected chi connectivity index (χ4v) is 1.85. The van der Waals surface area contributed by atoms with Crippen LogP contribution in [0.15, 0.2) is 18.2 Å². The van der Waals surface area contributed by atoms with Crippen molar-refractivity contribution in [3.05, 3.63) is 23.8 Å². The molecule has 0 saturated carbocycles. The predicted octanol–water partition coefficient (Wildman–Crippen LogP) is 1.84. The summed E-state index contributed by atoms with van der Waals surface area (Å²) in [6.07, 6.45) is -0.522. The minimum atomic E-state index is -0.522. The maximum Gasteiger partial charge on any atom is 0.412 e. The summed E-state index contributed by atoms with van der Waals surface area (Å²) in [4.78, 5) is 23.0. The predicted molar refractivity (Wildman–Crippen MR) is 81.4 cm³/mol. The van der Waals surface area contributed by atoms with Crippen LogP contribution in [0.3, 0.4) is 0 Å². The molecule has 1 aromatic rings. The number of esters is 1. The Balaban J connectivity index is 2.99. The second kappa shape index (κ2) is 7.08. The van der Waals surface area contributed by atoms with E-state index in [1.54, 1.807) is 13.0 Å². The van der Waals surface area contributed by atoms with Crippen LogP contribution in [0.25, 0.3) is 0 Å². The molecule has 0 aliphatic heterocycles. The van der Waals surface area contributed by atoms with Crippen molar-refractivity contribution in [2.45, 2.75) is 13.8 Å². The van der Waals surface area contributed by atoms with Crippen LogP contribution >= 0.6 is 0 Å². The molecule has 0 aliphatic carbocycles.